The molecule has 5 nitrogen and oxygen atoms in total. The lowest BCUT2D eigenvalue weighted by atomic mass is 10.0. The molecule has 0 aliphatic carbocycles. The summed E-state index contributed by atoms with van der Waals surface area (Å²) in [5.74, 6) is -1.19. The minimum absolute atomic E-state index is 0.0683. The van der Waals surface area contributed by atoms with E-state index in [9.17, 15) is 13.2 Å². The molecule has 18 heavy (non-hydrogen) atoms. The largest absolute Gasteiger partial charge is 0.478 e. The first-order valence-corrected chi connectivity index (χ1v) is 7.14. The molecule has 0 aromatic heterocycles. The van der Waals surface area contributed by atoms with Crippen LogP contribution < -0.4 is 0 Å². The maximum atomic E-state index is 11.2. The van der Waals surface area contributed by atoms with Gasteiger partial charge in [0.25, 0.3) is 10.1 Å². The van der Waals surface area contributed by atoms with Gasteiger partial charge in [-0.3, -0.25) is 4.55 Å². The lowest BCUT2D eigenvalue weighted by molar-refractivity contribution is 0.0695. The Hall–Kier alpha value is -1.40. The first kappa shape index (κ1) is 14.7. The van der Waals surface area contributed by atoms with Gasteiger partial charge in [-0.2, -0.15) is 8.42 Å². The molecule has 0 bridgehead atoms. The molecule has 1 aromatic carbocycles. The molecule has 100 valence electrons. The Morgan fingerprint density at radius 3 is 2.44 bits per heavy atom. The van der Waals surface area contributed by atoms with E-state index in [1.54, 1.807) is 0 Å². The molecule has 0 radical (unpaired) electrons. The lowest BCUT2D eigenvalue weighted by Crippen LogP contribution is -2.10. The van der Waals surface area contributed by atoms with Crippen LogP contribution in [0, 0.1) is 0 Å². The van der Waals surface area contributed by atoms with Crippen molar-refractivity contribution < 1.29 is 22.9 Å². The summed E-state index contributed by atoms with van der Waals surface area (Å²) in [5, 5.41) is 9.04. The smallest absolute Gasteiger partial charge is 0.336 e. The Kier molecular flexibility index (Phi) is 4.86. The van der Waals surface area contributed by atoms with Gasteiger partial charge in [-0.15, -0.1) is 0 Å². The molecule has 1 rings (SSSR count). The van der Waals surface area contributed by atoms with Gasteiger partial charge in [-0.25, -0.2) is 4.79 Å². The van der Waals surface area contributed by atoms with Crippen LogP contribution in [0.5, 0.6) is 0 Å². The molecule has 0 saturated heterocycles. The second-order valence-corrected chi connectivity index (χ2v) is 5.41. The highest BCUT2D eigenvalue weighted by Crippen LogP contribution is 2.22. The van der Waals surface area contributed by atoms with Gasteiger partial charge in [-0.05, 0) is 30.5 Å². The van der Waals surface area contributed by atoms with Gasteiger partial charge < -0.3 is 5.11 Å². The fraction of sp³-hybridized carbons (Fsp3) is 0.417. The first-order valence-electron chi connectivity index (χ1n) is 5.70. The third kappa shape index (κ3) is 3.54. The van der Waals surface area contributed by atoms with Gasteiger partial charge in [0.05, 0.1) is 10.5 Å². The van der Waals surface area contributed by atoms with E-state index in [1.807, 2.05) is 6.92 Å². The van der Waals surface area contributed by atoms with Gasteiger partial charge >= 0.3 is 5.97 Å². The molecular formula is C12H16O5S. The molecule has 0 aliphatic heterocycles. The van der Waals surface area contributed by atoms with Crippen molar-refractivity contribution >= 4 is 16.1 Å². The van der Waals surface area contributed by atoms with Gasteiger partial charge in [0.15, 0.2) is 0 Å². The lowest BCUT2D eigenvalue weighted by Gasteiger charge is -2.10. The van der Waals surface area contributed by atoms with E-state index < -0.39 is 16.1 Å². The monoisotopic (exact) mass is 272 g/mol. The molecule has 2 N–H and O–H groups in total. The number of carboxylic acids is 1. The van der Waals surface area contributed by atoms with Crippen LogP contribution in [0.4, 0.5) is 0 Å². The second-order valence-electron chi connectivity index (χ2n) is 4.02. The topological polar surface area (TPSA) is 91.7 Å². The number of benzene rings is 1. The van der Waals surface area contributed by atoms with E-state index in [0.717, 1.165) is 12.8 Å². The summed E-state index contributed by atoms with van der Waals surface area (Å²) in [5.41, 5.74) is 0.113. The van der Waals surface area contributed by atoms with E-state index in [1.165, 1.54) is 18.2 Å². The quantitative estimate of drug-likeness (QED) is 0.612. The van der Waals surface area contributed by atoms with Crippen LogP contribution in [0.1, 0.15) is 42.1 Å². The number of unbranched alkanes of at least 4 members (excludes halogenated alkanes) is 2. The summed E-state index contributed by atoms with van der Waals surface area (Å²) in [6, 6.07) is 3.89. The minimum atomic E-state index is -4.39. The maximum absolute atomic E-state index is 11.2. The Balaban J connectivity index is 3.26. The van der Waals surface area contributed by atoms with Crippen molar-refractivity contribution in [1.29, 1.82) is 0 Å². The average molecular weight is 272 g/mol. The molecule has 6 heteroatoms. The van der Waals surface area contributed by atoms with Crippen molar-refractivity contribution in [1.82, 2.24) is 0 Å². The standard InChI is InChI=1S/C12H16O5S/c1-2-3-4-6-9-10(12(13)14)7-5-8-11(9)18(15,16)17/h5,7-8H,2-4,6H2,1H3,(H,13,14)(H,15,16,17). The summed E-state index contributed by atoms with van der Waals surface area (Å²) in [6.45, 7) is 1.99. The zero-order chi connectivity index (χ0) is 13.8. The molecule has 0 fully saturated rings. The van der Waals surface area contributed by atoms with E-state index >= 15 is 0 Å². The molecule has 0 heterocycles. The highest BCUT2D eigenvalue weighted by Gasteiger charge is 2.20. The summed E-state index contributed by atoms with van der Waals surface area (Å²) >= 11 is 0. The fourth-order valence-corrected chi connectivity index (χ4v) is 2.59. The zero-order valence-corrected chi connectivity index (χ0v) is 10.9. The summed E-state index contributed by atoms with van der Waals surface area (Å²) in [6.07, 6.45) is 2.82. The van der Waals surface area contributed by atoms with Crippen molar-refractivity contribution in [3.8, 4) is 0 Å². The number of hydrogen-bond acceptors (Lipinski definition) is 3. The van der Waals surface area contributed by atoms with Crippen LogP contribution in [0.15, 0.2) is 23.1 Å². The average Bonchev–Trinajstić information content (AvgIpc) is 2.27. The van der Waals surface area contributed by atoms with Crippen LogP contribution in [-0.2, 0) is 16.5 Å². The summed E-state index contributed by atoms with van der Waals surface area (Å²) < 4.78 is 31.6. The predicted molar refractivity (Wildman–Crippen MR) is 66.4 cm³/mol. The molecular weight excluding hydrogens is 256 g/mol. The van der Waals surface area contributed by atoms with Crippen molar-refractivity contribution in [2.75, 3.05) is 0 Å². The Morgan fingerprint density at radius 2 is 1.94 bits per heavy atom. The molecule has 0 spiro atoms. The predicted octanol–water partition coefficient (Wildman–Crippen LogP) is 2.36. The van der Waals surface area contributed by atoms with Crippen LogP contribution >= 0.6 is 0 Å². The number of aromatic carboxylic acids is 1. The second kappa shape index (κ2) is 5.97. The highest BCUT2D eigenvalue weighted by molar-refractivity contribution is 7.85. The SMILES string of the molecule is CCCCCc1c(C(=O)O)cccc1S(=O)(=O)O. The normalized spacial score (nSPS) is 11.4. The van der Waals surface area contributed by atoms with Crippen LogP contribution in [-0.4, -0.2) is 24.0 Å². The third-order valence-electron chi connectivity index (χ3n) is 2.67. The summed E-state index contributed by atoms with van der Waals surface area (Å²) in [4.78, 5) is 10.8. The molecule has 1 aromatic rings. The zero-order valence-electron chi connectivity index (χ0n) is 10.1. The first-order chi connectivity index (χ1) is 8.38. The van der Waals surface area contributed by atoms with Crippen molar-refractivity contribution in [3.05, 3.63) is 29.3 Å². The Labute approximate surface area is 106 Å². The van der Waals surface area contributed by atoms with Gasteiger partial charge in [0.2, 0.25) is 0 Å². The van der Waals surface area contributed by atoms with E-state index in [4.69, 9.17) is 9.66 Å². The van der Waals surface area contributed by atoms with Gasteiger partial charge in [0, 0.05) is 0 Å². The van der Waals surface area contributed by atoms with Crippen molar-refractivity contribution in [2.24, 2.45) is 0 Å². The maximum Gasteiger partial charge on any atom is 0.336 e. The molecule has 0 aliphatic rings. The molecule has 0 unspecified atom stereocenters. The van der Waals surface area contributed by atoms with Gasteiger partial charge in [0.1, 0.15) is 0 Å². The fourth-order valence-electron chi connectivity index (χ4n) is 1.82. The molecule has 0 amide bonds. The Bertz CT molecular complexity index is 533. The number of hydrogen-bond donors (Lipinski definition) is 2. The van der Waals surface area contributed by atoms with Crippen LogP contribution in [0.3, 0.4) is 0 Å². The van der Waals surface area contributed by atoms with Crippen LogP contribution in [0.2, 0.25) is 0 Å². The minimum Gasteiger partial charge on any atom is -0.478 e. The number of rotatable bonds is 6. The van der Waals surface area contributed by atoms with Crippen LogP contribution in [0.25, 0.3) is 0 Å². The third-order valence-corrected chi connectivity index (χ3v) is 3.61. The van der Waals surface area contributed by atoms with E-state index in [2.05, 4.69) is 0 Å². The highest BCUT2D eigenvalue weighted by atomic mass is 32.2. The summed E-state index contributed by atoms with van der Waals surface area (Å²) in [7, 11) is -4.39. The van der Waals surface area contributed by atoms with E-state index in [-0.39, 0.29) is 16.0 Å². The molecule has 0 atom stereocenters. The van der Waals surface area contributed by atoms with E-state index in [0.29, 0.717) is 12.8 Å². The van der Waals surface area contributed by atoms with Crippen molar-refractivity contribution in [2.45, 2.75) is 37.5 Å². The van der Waals surface area contributed by atoms with Crippen molar-refractivity contribution in [3.63, 3.8) is 0 Å². The number of carboxylic acid groups (broad SMARTS) is 1. The Morgan fingerprint density at radius 1 is 1.28 bits per heavy atom. The molecule has 0 saturated carbocycles. The number of carbonyl (C=O) groups is 1. The van der Waals surface area contributed by atoms with Gasteiger partial charge in [-0.1, -0.05) is 25.8 Å².